The third-order valence-corrected chi connectivity index (χ3v) is 2.78. The fraction of sp³-hybridized carbons (Fsp3) is 0.0588. The largest absolute Gasteiger partial charge is 0.484 e. The van der Waals surface area contributed by atoms with Gasteiger partial charge in [-0.25, -0.2) is 4.39 Å². The quantitative estimate of drug-likeness (QED) is 0.658. The van der Waals surface area contributed by atoms with Crippen molar-refractivity contribution in [2.75, 3.05) is 6.61 Å². The number of ether oxygens (including phenoxy) is 1. The first-order valence-corrected chi connectivity index (χ1v) is 6.54. The molecule has 0 aromatic heterocycles. The standard InChI is InChI=1S/C17H14FNO3/c18-14-5-1-3-12(9-14)7-8-16(20)13-4-2-6-15(10-13)22-11-17(19)21/h1-10H,11H2,(H2,19,21)/b8-7+. The van der Waals surface area contributed by atoms with Crippen LogP contribution in [0, 0.1) is 5.82 Å². The van der Waals surface area contributed by atoms with Gasteiger partial charge >= 0.3 is 0 Å². The zero-order chi connectivity index (χ0) is 15.9. The summed E-state index contributed by atoms with van der Waals surface area (Å²) >= 11 is 0. The van der Waals surface area contributed by atoms with Crippen LogP contribution in [0.4, 0.5) is 4.39 Å². The molecule has 0 unspecified atom stereocenters. The highest BCUT2D eigenvalue weighted by Gasteiger charge is 2.04. The highest BCUT2D eigenvalue weighted by Crippen LogP contribution is 2.15. The maximum Gasteiger partial charge on any atom is 0.255 e. The van der Waals surface area contributed by atoms with E-state index in [-0.39, 0.29) is 18.2 Å². The Morgan fingerprint density at radius 3 is 2.64 bits per heavy atom. The topological polar surface area (TPSA) is 69.4 Å². The molecule has 0 fully saturated rings. The summed E-state index contributed by atoms with van der Waals surface area (Å²) in [7, 11) is 0. The Bertz CT molecular complexity index is 725. The predicted molar refractivity (Wildman–Crippen MR) is 80.9 cm³/mol. The summed E-state index contributed by atoms with van der Waals surface area (Å²) in [5.41, 5.74) is 5.98. The second-order valence-corrected chi connectivity index (χ2v) is 4.54. The van der Waals surface area contributed by atoms with Crippen LogP contribution in [0.3, 0.4) is 0 Å². The lowest BCUT2D eigenvalue weighted by Crippen LogP contribution is -2.20. The van der Waals surface area contributed by atoms with Gasteiger partial charge in [-0.3, -0.25) is 9.59 Å². The van der Waals surface area contributed by atoms with Crippen molar-refractivity contribution in [3.8, 4) is 5.75 Å². The minimum Gasteiger partial charge on any atom is -0.484 e. The van der Waals surface area contributed by atoms with Crippen LogP contribution in [0.2, 0.25) is 0 Å². The minimum atomic E-state index is -0.595. The Balaban J connectivity index is 2.09. The number of primary amides is 1. The lowest BCUT2D eigenvalue weighted by atomic mass is 10.1. The van der Waals surface area contributed by atoms with E-state index in [1.54, 1.807) is 30.3 Å². The molecule has 2 N–H and O–H groups in total. The normalized spacial score (nSPS) is 10.6. The van der Waals surface area contributed by atoms with Crippen LogP contribution >= 0.6 is 0 Å². The second-order valence-electron chi connectivity index (χ2n) is 4.54. The van der Waals surface area contributed by atoms with Crippen LogP contribution in [-0.4, -0.2) is 18.3 Å². The van der Waals surface area contributed by atoms with Gasteiger partial charge in [0.25, 0.3) is 5.91 Å². The molecular weight excluding hydrogens is 285 g/mol. The number of amides is 1. The van der Waals surface area contributed by atoms with E-state index in [2.05, 4.69) is 0 Å². The van der Waals surface area contributed by atoms with Gasteiger partial charge in [0, 0.05) is 5.56 Å². The number of nitrogens with two attached hydrogens (primary N) is 1. The van der Waals surface area contributed by atoms with Crippen molar-refractivity contribution in [3.05, 3.63) is 71.6 Å². The lowest BCUT2D eigenvalue weighted by Gasteiger charge is -2.04. The molecule has 2 aromatic carbocycles. The molecule has 0 atom stereocenters. The number of hydrogen-bond acceptors (Lipinski definition) is 3. The second kappa shape index (κ2) is 7.17. The SMILES string of the molecule is NC(=O)COc1cccc(C(=O)/C=C/c2cccc(F)c2)c1. The molecule has 4 nitrogen and oxygen atoms in total. The summed E-state index contributed by atoms with van der Waals surface area (Å²) in [6, 6.07) is 12.3. The molecule has 0 saturated carbocycles. The van der Waals surface area contributed by atoms with E-state index in [1.807, 2.05) is 0 Å². The molecule has 0 radical (unpaired) electrons. The molecule has 0 aliphatic carbocycles. The third-order valence-electron chi connectivity index (χ3n) is 2.78. The van der Waals surface area contributed by atoms with Gasteiger partial charge in [-0.15, -0.1) is 0 Å². The number of rotatable bonds is 6. The van der Waals surface area contributed by atoms with Gasteiger partial charge in [-0.05, 0) is 35.9 Å². The maximum atomic E-state index is 13.0. The molecule has 0 saturated heterocycles. The first-order valence-electron chi connectivity index (χ1n) is 6.54. The average Bonchev–Trinajstić information content (AvgIpc) is 2.51. The third kappa shape index (κ3) is 4.56. The molecule has 0 heterocycles. The first-order chi connectivity index (χ1) is 10.5. The van der Waals surface area contributed by atoms with Gasteiger partial charge in [-0.2, -0.15) is 0 Å². The predicted octanol–water partition coefficient (Wildman–Crippen LogP) is 2.59. The fourth-order valence-electron chi connectivity index (χ4n) is 1.77. The van der Waals surface area contributed by atoms with Crippen molar-refractivity contribution in [2.45, 2.75) is 0 Å². The zero-order valence-electron chi connectivity index (χ0n) is 11.7. The minimum absolute atomic E-state index is 0.253. The van der Waals surface area contributed by atoms with Crippen LogP contribution in [0.15, 0.2) is 54.6 Å². The number of halogens is 1. The highest BCUT2D eigenvalue weighted by atomic mass is 19.1. The van der Waals surface area contributed by atoms with Gasteiger partial charge < -0.3 is 10.5 Å². The van der Waals surface area contributed by atoms with Gasteiger partial charge in [0.1, 0.15) is 11.6 Å². The van der Waals surface area contributed by atoms with E-state index in [4.69, 9.17) is 10.5 Å². The first kappa shape index (κ1) is 15.4. The molecule has 0 aliphatic heterocycles. The van der Waals surface area contributed by atoms with Gasteiger partial charge in [0.2, 0.25) is 0 Å². The number of benzene rings is 2. The number of carbonyl (C=O) groups is 2. The molecule has 2 aromatic rings. The Hall–Kier alpha value is -2.95. The number of allylic oxidation sites excluding steroid dienone is 1. The summed E-state index contributed by atoms with van der Waals surface area (Å²) < 4.78 is 18.2. The summed E-state index contributed by atoms with van der Waals surface area (Å²) in [5.74, 6) is -0.836. The van der Waals surface area contributed by atoms with E-state index in [1.165, 1.54) is 30.4 Å². The molecular formula is C17H14FNO3. The molecule has 112 valence electrons. The summed E-state index contributed by atoms with van der Waals surface area (Å²) in [4.78, 5) is 22.7. The van der Waals surface area contributed by atoms with Crippen LogP contribution < -0.4 is 10.5 Å². The number of hydrogen-bond donors (Lipinski definition) is 1. The molecule has 2 rings (SSSR count). The highest BCUT2D eigenvalue weighted by molar-refractivity contribution is 6.07. The van der Waals surface area contributed by atoms with E-state index < -0.39 is 5.91 Å². The maximum absolute atomic E-state index is 13.0. The summed E-state index contributed by atoms with van der Waals surface area (Å²) in [5, 5.41) is 0. The molecule has 5 heteroatoms. The van der Waals surface area contributed by atoms with Crippen molar-refractivity contribution in [1.29, 1.82) is 0 Å². The Morgan fingerprint density at radius 2 is 1.91 bits per heavy atom. The van der Waals surface area contributed by atoms with Crippen molar-refractivity contribution >= 4 is 17.8 Å². The van der Waals surface area contributed by atoms with Crippen LogP contribution in [0.25, 0.3) is 6.08 Å². The van der Waals surface area contributed by atoms with Gasteiger partial charge in [-0.1, -0.05) is 30.3 Å². The van der Waals surface area contributed by atoms with E-state index in [9.17, 15) is 14.0 Å². The molecule has 0 spiro atoms. The Morgan fingerprint density at radius 1 is 1.14 bits per heavy atom. The van der Waals surface area contributed by atoms with Gasteiger partial charge in [0.15, 0.2) is 12.4 Å². The van der Waals surface area contributed by atoms with Crippen LogP contribution in [-0.2, 0) is 4.79 Å². The molecule has 1 amide bonds. The van der Waals surface area contributed by atoms with Crippen LogP contribution in [0.1, 0.15) is 15.9 Å². The Kier molecular flexibility index (Phi) is 5.03. The number of carbonyl (C=O) groups excluding carboxylic acids is 2. The Labute approximate surface area is 127 Å². The van der Waals surface area contributed by atoms with E-state index >= 15 is 0 Å². The fourth-order valence-corrected chi connectivity index (χ4v) is 1.77. The van der Waals surface area contributed by atoms with E-state index in [0.29, 0.717) is 16.9 Å². The molecule has 22 heavy (non-hydrogen) atoms. The van der Waals surface area contributed by atoms with Crippen molar-refractivity contribution < 1.29 is 18.7 Å². The van der Waals surface area contributed by atoms with E-state index in [0.717, 1.165) is 0 Å². The average molecular weight is 299 g/mol. The van der Waals surface area contributed by atoms with Gasteiger partial charge in [0.05, 0.1) is 0 Å². The van der Waals surface area contributed by atoms with Crippen LogP contribution in [0.5, 0.6) is 5.75 Å². The molecule has 0 bridgehead atoms. The summed E-state index contributed by atoms with van der Waals surface area (Å²) in [6.45, 7) is -0.253. The lowest BCUT2D eigenvalue weighted by molar-refractivity contribution is -0.119. The van der Waals surface area contributed by atoms with Crippen molar-refractivity contribution in [2.24, 2.45) is 5.73 Å². The number of ketones is 1. The van der Waals surface area contributed by atoms with Crippen molar-refractivity contribution in [3.63, 3.8) is 0 Å². The molecule has 0 aliphatic rings. The smallest absolute Gasteiger partial charge is 0.255 e. The zero-order valence-corrected chi connectivity index (χ0v) is 11.7. The van der Waals surface area contributed by atoms with Crippen molar-refractivity contribution in [1.82, 2.24) is 0 Å². The monoisotopic (exact) mass is 299 g/mol. The summed E-state index contributed by atoms with van der Waals surface area (Å²) in [6.07, 6.45) is 2.88.